The summed E-state index contributed by atoms with van der Waals surface area (Å²) in [6.45, 7) is 0. The minimum atomic E-state index is -0.740. The first-order chi connectivity index (χ1) is 3.72. The number of aliphatic hydroxyl groups is 2. The molecule has 0 aromatic carbocycles. The van der Waals surface area contributed by atoms with Gasteiger partial charge in [0.25, 0.3) is 0 Å². The van der Waals surface area contributed by atoms with E-state index >= 15 is 0 Å². The molecule has 0 rings (SSSR count). The van der Waals surface area contributed by atoms with E-state index in [4.69, 9.17) is 10.2 Å². The van der Waals surface area contributed by atoms with Gasteiger partial charge in [0.2, 0.25) is 0 Å². The summed E-state index contributed by atoms with van der Waals surface area (Å²) in [7, 11) is 0. The third kappa shape index (κ3) is 5.05. The van der Waals surface area contributed by atoms with Crippen LogP contribution >= 0.6 is 25.3 Å². The van der Waals surface area contributed by atoms with Crippen molar-refractivity contribution in [3.8, 4) is 0 Å². The molecular weight excluding hydrogens is 160 g/mol. The van der Waals surface area contributed by atoms with Gasteiger partial charge in [-0.3, -0.25) is 0 Å². The normalized spacial score (nSPS) is 16.0. The first-order valence-corrected chi connectivity index (χ1v) is 3.56. The van der Waals surface area contributed by atoms with E-state index in [2.05, 4.69) is 25.3 Å². The molecule has 58 valence electrons. The molecular formula is C4H12O3S2. The van der Waals surface area contributed by atoms with Gasteiger partial charge in [-0.15, -0.1) is 0 Å². The highest BCUT2D eigenvalue weighted by molar-refractivity contribution is 7.80. The van der Waals surface area contributed by atoms with Crippen LogP contribution in [0.5, 0.6) is 0 Å². The van der Waals surface area contributed by atoms with E-state index in [9.17, 15) is 0 Å². The van der Waals surface area contributed by atoms with Gasteiger partial charge in [0.15, 0.2) is 0 Å². The predicted molar refractivity (Wildman–Crippen MR) is 43.3 cm³/mol. The van der Waals surface area contributed by atoms with Crippen molar-refractivity contribution in [2.45, 2.75) is 12.2 Å². The molecule has 0 saturated carbocycles. The van der Waals surface area contributed by atoms with E-state index < -0.39 is 12.2 Å². The molecule has 0 aromatic rings. The van der Waals surface area contributed by atoms with Crippen molar-refractivity contribution in [2.24, 2.45) is 0 Å². The topological polar surface area (TPSA) is 72.0 Å². The molecule has 0 aliphatic heterocycles. The minimum absolute atomic E-state index is 0. The van der Waals surface area contributed by atoms with E-state index in [1.807, 2.05) is 0 Å². The molecule has 5 heteroatoms. The summed E-state index contributed by atoms with van der Waals surface area (Å²) >= 11 is 7.53. The quantitative estimate of drug-likeness (QED) is 0.401. The Morgan fingerprint density at radius 2 is 1.22 bits per heavy atom. The first-order valence-electron chi connectivity index (χ1n) is 2.30. The molecule has 3 nitrogen and oxygen atoms in total. The standard InChI is InChI=1S/C4H10O2S2.H2O/c5-3(1-7)4(6)2-8;/h3-8H,1-2H2;1H2/t3-,4-;/m1./s1. The predicted octanol–water partition coefficient (Wildman–Crippen LogP) is -1.26. The van der Waals surface area contributed by atoms with Crippen LogP contribution in [0.25, 0.3) is 0 Å². The summed E-state index contributed by atoms with van der Waals surface area (Å²) < 4.78 is 0. The Morgan fingerprint density at radius 1 is 1.00 bits per heavy atom. The van der Waals surface area contributed by atoms with Crippen molar-refractivity contribution >= 4 is 25.3 Å². The van der Waals surface area contributed by atoms with Crippen molar-refractivity contribution < 1.29 is 15.7 Å². The van der Waals surface area contributed by atoms with Crippen molar-refractivity contribution in [3.05, 3.63) is 0 Å². The fraction of sp³-hybridized carbons (Fsp3) is 1.00. The summed E-state index contributed by atoms with van der Waals surface area (Å²) in [5, 5.41) is 17.5. The van der Waals surface area contributed by atoms with E-state index in [0.717, 1.165) is 0 Å². The highest BCUT2D eigenvalue weighted by Gasteiger charge is 2.10. The summed E-state index contributed by atoms with van der Waals surface area (Å²) in [5.41, 5.74) is 0. The molecule has 2 atom stereocenters. The molecule has 0 unspecified atom stereocenters. The van der Waals surface area contributed by atoms with Crippen LogP contribution < -0.4 is 0 Å². The van der Waals surface area contributed by atoms with Gasteiger partial charge in [0, 0.05) is 11.5 Å². The minimum Gasteiger partial charge on any atom is -0.412 e. The largest absolute Gasteiger partial charge is 0.412 e. The van der Waals surface area contributed by atoms with Crippen molar-refractivity contribution in [3.63, 3.8) is 0 Å². The van der Waals surface area contributed by atoms with Gasteiger partial charge in [-0.1, -0.05) is 0 Å². The maximum absolute atomic E-state index is 8.75. The third-order valence-corrected chi connectivity index (χ3v) is 1.57. The SMILES string of the molecule is O.O[C@H](CS)[C@H](O)CS. The second-order valence-electron chi connectivity index (χ2n) is 1.50. The van der Waals surface area contributed by atoms with Crippen LogP contribution in [0.15, 0.2) is 0 Å². The second kappa shape index (κ2) is 6.70. The molecule has 0 heterocycles. The van der Waals surface area contributed by atoms with E-state index in [1.165, 1.54) is 0 Å². The van der Waals surface area contributed by atoms with Crippen LogP contribution in [-0.2, 0) is 0 Å². The average molecular weight is 172 g/mol. The summed E-state index contributed by atoms with van der Waals surface area (Å²) in [4.78, 5) is 0. The monoisotopic (exact) mass is 172 g/mol. The molecule has 9 heavy (non-hydrogen) atoms. The maximum atomic E-state index is 8.75. The molecule has 0 aliphatic carbocycles. The molecule has 0 saturated heterocycles. The Labute approximate surface area is 65.2 Å². The molecule has 0 radical (unpaired) electrons. The van der Waals surface area contributed by atoms with Crippen molar-refractivity contribution in [1.82, 2.24) is 0 Å². The summed E-state index contributed by atoms with van der Waals surface area (Å²) in [5.74, 6) is 0.559. The van der Waals surface area contributed by atoms with E-state index in [1.54, 1.807) is 0 Å². The molecule has 0 aromatic heterocycles. The van der Waals surface area contributed by atoms with Crippen LogP contribution in [0.3, 0.4) is 0 Å². The Balaban J connectivity index is 0. The van der Waals surface area contributed by atoms with Crippen LogP contribution in [-0.4, -0.2) is 39.4 Å². The van der Waals surface area contributed by atoms with Gasteiger partial charge in [0.05, 0.1) is 12.2 Å². The second-order valence-corrected chi connectivity index (χ2v) is 2.23. The Kier molecular flexibility index (Phi) is 9.13. The zero-order valence-corrected chi connectivity index (χ0v) is 6.65. The summed E-state index contributed by atoms with van der Waals surface area (Å²) in [6.07, 6.45) is -1.48. The first kappa shape index (κ1) is 12.3. The average Bonchev–Trinajstić information content (AvgIpc) is 1.84. The van der Waals surface area contributed by atoms with Gasteiger partial charge in [-0.2, -0.15) is 25.3 Å². The van der Waals surface area contributed by atoms with Crippen LogP contribution in [0.2, 0.25) is 0 Å². The molecule has 4 N–H and O–H groups in total. The molecule has 0 bridgehead atoms. The highest BCUT2D eigenvalue weighted by atomic mass is 32.1. The lowest BCUT2D eigenvalue weighted by Gasteiger charge is -2.11. The lowest BCUT2D eigenvalue weighted by atomic mass is 10.3. The number of hydrogen-bond donors (Lipinski definition) is 4. The van der Waals surface area contributed by atoms with Gasteiger partial charge >= 0.3 is 0 Å². The maximum Gasteiger partial charge on any atom is 0.0894 e. The van der Waals surface area contributed by atoms with E-state index in [-0.39, 0.29) is 17.0 Å². The summed E-state index contributed by atoms with van der Waals surface area (Å²) in [6, 6.07) is 0. The van der Waals surface area contributed by atoms with Crippen molar-refractivity contribution in [2.75, 3.05) is 11.5 Å². The van der Waals surface area contributed by atoms with Crippen LogP contribution in [0.1, 0.15) is 0 Å². The zero-order chi connectivity index (χ0) is 6.57. The van der Waals surface area contributed by atoms with Gasteiger partial charge in [-0.25, -0.2) is 0 Å². The van der Waals surface area contributed by atoms with Gasteiger partial charge in [0.1, 0.15) is 0 Å². The van der Waals surface area contributed by atoms with Gasteiger partial charge in [-0.05, 0) is 0 Å². The fourth-order valence-corrected chi connectivity index (χ4v) is 0.730. The van der Waals surface area contributed by atoms with E-state index in [0.29, 0.717) is 0 Å². The molecule has 0 fully saturated rings. The zero-order valence-electron chi connectivity index (χ0n) is 4.86. The van der Waals surface area contributed by atoms with Gasteiger partial charge < -0.3 is 15.7 Å². The Hall–Kier alpha value is 0.580. The number of hydrogen-bond acceptors (Lipinski definition) is 4. The third-order valence-electron chi connectivity index (χ3n) is 0.818. The highest BCUT2D eigenvalue weighted by Crippen LogP contribution is 1.96. The molecule has 0 aliphatic rings. The number of rotatable bonds is 3. The lowest BCUT2D eigenvalue weighted by Crippen LogP contribution is -2.28. The lowest BCUT2D eigenvalue weighted by molar-refractivity contribution is 0.0504. The number of thiol groups is 2. The molecule has 0 amide bonds. The Bertz CT molecular complexity index is 53.8. The van der Waals surface area contributed by atoms with Crippen LogP contribution in [0.4, 0.5) is 0 Å². The smallest absolute Gasteiger partial charge is 0.0894 e. The fourth-order valence-electron chi connectivity index (χ4n) is 0.243. The Morgan fingerprint density at radius 3 is 1.33 bits per heavy atom. The van der Waals surface area contributed by atoms with Crippen LogP contribution in [0, 0.1) is 0 Å². The molecule has 0 spiro atoms. The number of aliphatic hydroxyl groups excluding tert-OH is 2. The van der Waals surface area contributed by atoms with Crippen molar-refractivity contribution in [1.29, 1.82) is 0 Å².